The van der Waals surface area contributed by atoms with E-state index in [0.29, 0.717) is 13.0 Å². The monoisotopic (exact) mass is 452 g/mol. The maximum absolute atomic E-state index is 12.5. The van der Waals surface area contributed by atoms with Crippen molar-refractivity contribution in [3.8, 4) is 11.1 Å². The molecule has 8 nitrogen and oxygen atoms in total. The highest BCUT2D eigenvalue weighted by atomic mass is 16.5. The minimum absolute atomic E-state index is 0.0292. The number of hydrogen-bond acceptors (Lipinski definition) is 5. The first-order chi connectivity index (χ1) is 16.0. The van der Waals surface area contributed by atoms with Gasteiger partial charge >= 0.3 is 12.1 Å². The lowest BCUT2D eigenvalue weighted by atomic mass is 9.98. The van der Waals surface area contributed by atoms with E-state index in [1.165, 1.54) is 0 Å². The van der Waals surface area contributed by atoms with Crippen molar-refractivity contribution < 1.29 is 29.0 Å². The van der Waals surface area contributed by atoms with E-state index in [9.17, 15) is 14.4 Å². The van der Waals surface area contributed by atoms with Crippen LogP contribution in [0, 0.1) is 5.92 Å². The lowest BCUT2D eigenvalue weighted by Gasteiger charge is -2.21. The SMILES string of the molecule is CC[C@@H](NC(=O)[C@H]1OCC[C@H]1CNC(=O)OCC1c2ccccc2-c2ccccc21)C(=O)O. The molecule has 2 aromatic carbocycles. The topological polar surface area (TPSA) is 114 Å². The number of rotatable bonds is 8. The summed E-state index contributed by atoms with van der Waals surface area (Å²) >= 11 is 0. The molecular formula is C25H28N2O6. The van der Waals surface area contributed by atoms with Crippen molar-refractivity contribution >= 4 is 18.0 Å². The van der Waals surface area contributed by atoms with Crippen LogP contribution in [0.1, 0.15) is 36.8 Å². The third-order valence-electron chi connectivity index (χ3n) is 6.35. The summed E-state index contributed by atoms with van der Waals surface area (Å²) in [6, 6.07) is 15.3. The van der Waals surface area contributed by atoms with E-state index < -0.39 is 30.1 Å². The number of ether oxygens (including phenoxy) is 2. The van der Waals surface area contributed by atoms with Crippen LogP contribution >= 0.6 is 0 Å². The third-order valence-corrected chi connectivity index (χ3v) is 6.35. The number of fused-ring (bicyclic) bond motifs is 3. The molecule has 0 saturated carbocycles. The number of alkyl carbamates (subject to hydrolysis) is 1. The van der Waals surface area contributed by atoms with Gasteiger partial charge in [-0.1, -0.05) is 55.5 Å². The molecule has 3 atom stereocenters. The second-order valence-corrected chi connectivity index (χ2v) is 8.35. The lowest BCUT2D eigenvalue weighted by Crippen LogP contribution is -2.48. The van der Waals surface area contributed by atoms with Gasteiger partial charge in [0.15, 0.2) is 0 Å². The van der Waals surface area contributed by atoms with Crippen LogP contribution < -0.4 is 10.6 Å². The number of hydrogen-bond donors (Lipinski definition) is 3. The van der Waals surface area contributed by atoms with Crippen LogP contribution in [0.15, 0.2) is 48.5 Å². The Kier molecular flexibility index (Phi) is 6.93. The third kappa shape index (κ3) is 4.85. The molecular weight excluding hydrogens is 424 g/mol. The van der Waals surface area contributed by atoms with E-state index in [4.69, 9.17) is 14.6 Å². The van der Waals surface area contributed by atoms with E-state index in [0.717, 1.165) is 22.3 Å². The highest BCUT2D eigenvalue weighted by Gasteiger charge is 2.36. The molecule has 1 aliphatic heterocycles. The van der Waals surface area contributed by atoms with Gasteiger partial charge in [-0.25, -0.2) is 9.59 Å². The van der Waals surface area contributed by atoms with Crippen molar-refractivity contribution in [3.05, 3.63) is 59.7 Å². The molecule has 1 saturated heterocycles. The van der Waals surface area contributed by atoms with Gasteiger partial charge in [0.2, 0.25) is 5.91 Å². The molecule has 0 spiro atoms. The second kappa shape index (κ2) is 10.0. The van der Waals surface area contributed by atoms with E-state index in [2.05, 4.69) is 34.9 Å². The van der Waals surface area contributed by atoms with Gasteiger partial charge in [0.05, 0.1) is 0 Å². The van der Waals surface area contributed by atoms with Gasteiger partial charge in [0.25, 0.3) is 0 Å². The number of carbonyl (C=O) groups is 3. The van der Waals surface area contributed by atoms with Gasteiger partial charge in [-0.3, -0.25) is 4.79 Å². The number of nitrogens with one attached hydrogen (secondary N) is 2. The summed E-state index contributed by atoms with van der Waals surface area (Å²) in [6.45, 7) is 2.48. The fourth-order valence-corrected chi connectivity index (χ4v) is 4.59. The summed E-state index contributed by atoms with van der Waals surface area (Å²) in [4.78, 5) is 36.1. The standard InChI is InChI=1S/C25H28N2O6/c1-2-21(24(29)30)27-23(28)22-15(11-12-32-22)13-26-25(31)33-14-20-18-9-5-3-7-16(18)17-8-4-6-10-19(17)20/h3-10,15,20-22H,2,11-14H2,1H3,(H,26,31)(H,27,28)(H,29,30)/t15-,21+,22-/m0/s1. The summed E-state index contributed by atoms with van der Waals surface area (Å²) < 4.78 is 11.0. The van der Waals surface area contributed by atoms with E-state index in [1.807, 2.05) is 24.3 Å². The molecule has 0 aromatic heterocycles. The quantitative estimate of drug-likeness (QED) is 0.568. The van der Waals surface area contributed by atoms with Crippen molar-refractivity contribution in [2.45, 2.75) is 37.8 Å². The molecule has 2 aliphatic rings. The lowest BCUT2D eigenvalue weighted by molar-refractivity contribution is -0.144. The van der Waals surface area contributed by atoms with Crippen LogP contribution in [0.5, 0.6) is 0 Å². The molecule has 8 heteroatoms. The van der Waals surface area contributed by atoms with Crippen LogP contribution in [0.4, 0.5) is 4.79 Å². The fourth-order valence-electron chi connectivity index (χ4n) is 4.59. The maximum Gasteiger partial charge on any atom is 0.407 e. The number of carbonyl (C=O) groups excluding carboxylic acids is 2. The summed E-state index contributed by atoms with van der Waals surface area (Å²) in [5.41, 5.74) is 4.59. The van der Waals surface area contributed by atoms with Gasteiger partial charge in [0.1, 0.15) is 18.8 Å². The molecule has 0 unspecified atom stereocenters. The Balaban J connectivity index is 1.31. The van der Waals surface area contributed by atoms with Crippen LogP contribution in [-0.4, -0.2) is 55.0 Å². The molecule has 174 valence electrons. The number of amides is 2. The molecule has 0 bridgehead atoms. The summed E-state index contributed by atoms with van der Waals surface area (Å²) in [6.07, 6.45) is -0.491. The van der Waals surface area contributed by atoms with Gasteiger partial charge in [-0.15, -0.1) is 0 Å². The Morgan fingerprint density at radius 3 is 2.33 bits per heavy atom. The first kappa shape index (κ1) is 22.8. The first-order valence-corrected chi connectivity index (χ1v) is 11.2. The van der Waals surface area contributed by atoms with Gasteiger partial charge in [-0.05, 0) is 35.1 Å². The Labute approximate surface area is 192 Å². The average molecular weight is 453 g/mol. The molecule has 1 aliphatic carbocycles. The van der Waals surface area contributed by atoms with Crippen LogP contribution in [0.25, 0.3) is 11.1 Å². The average Bonchev–Trinajstić information content (AvgIpc) is 3.42. The second-order valence-electron chi connectivity index (χ2n) is 8.35. The highest BCUT2D eigenvalue weighted by Crippen LogP contribution is 2.44. The van der Waals surface area contributed by atoms with E-state index in [-0.39, 0.29) is 31.4 Å². The van der Waals surface area contributed by atoms with Gasteiger partial charge in [0, 0.05) is 25.0 Å². The van der Waals surface area contributed by atoms with Crippen molar-refractivity contribution in [2.75, 3.05) is 19.8 Å². The van der Waals surface area contributed by atoms with E-state index in [1.54, 1.807) is 6.92 Å². The fraction of sp³-hybridized carbons (Fsp3) is 0.400. The van der Waals surface area contributed by atoms with Crippen LogP contribution in [0.3, 0.4) is 0 Å². The van der Waals surface area contributed by atoms with Crippen LogP contribution in [0.2, 0.25) is 0 Å². The molecule has 4 rings (SSSR count). The predicted molar refractivity (Wildman–Crippen MR) is 121 cm³/mol. The van der Waals surface area contributed by atoms with Crippen LogP contribution in [-0.2, 0) is 19.1 Å². The number of carboxylic acid groups (broad SMARTS) is 1. The normalized spacial score (nSPS) is 19.9. The zero-order valence-electron chi connectivity index (χ0n) is 18.5. The number of aliphatic carboxylic acids is 1. The largest absolute Gasteiger partial charge is 0.480 e. The van der Waals surface area contributed by atoms with E-state index >= 15 is 0 Å². The molecule has 33 heavy (non-hydrogen) atoms. The zero-order chi connectivity index (χ0) is 23.4. The minimum atomic E-state index is -1.09. The Morgan fingerprint density at radius 2 is 1.73 bits per heavy atom. The Bertz CT molecular complexity index is 994. The minimum Gasteiger partial charge on any atom is -0.480 e. The Hall–Kier alpha value is -3.39. The summed E-state index contributed by atoms with van der Waals surface area (Å²) in [7, 11) is 0. The van der Waals surface area contributed by atoms with Gasteiger partial charge in [-0.2, -0.15) is 0 Å². The Morgan fingerprint density at radius 1 is 1.09 bits per heavy atom. The molecule has 1 fully saturated rings. The smallest absolute Gasteiger partial charge is 0.407 e. The first-order valence-electron chi connectivity index (χ1n) is 11.2. The zero-order valence-corrected chi connectivity index (χ0v) is 18.5. The molecule has 3 N–H and O–H groups in total. The number of benzene rings is 2. The molecule has 0 radical (unpaired) electrons. The summed E-state index contributed by atoms with van der Waals surface area (Å²) in [5.74, 6) is -1.84. The van der Waals surface area contributed by atoms with Crippen molar-refractivity contribution in [2.24, 2.45) is 5.92 Å². The van der Waals surface area contributed by atoms with Gasteiger partial charge < -0.3 is 25.2 Å². The van der Waals surface area contributed by atoms with Crippen molar-refractivity contribution in [1.82, 2.24) is 10.6 Å². The molecule has 2 aromatic rings. The van der Waals surface area contributed by atoms with Crippen molar-refractivity contribution in [1.29, 1.82) is 0 Å². The predicted octanol–water partition coefficient (Wildman–Crippen LogP) is 2.91. The summed E-state index contributed by atoms with van der Waals surface area (Å²) in [5, 5.41) is 14.4. The molecule has 1 heterocycles. The van der Waals surface area contributed by atoms with Crippen molar-refractivity contribution in [3.63, 3.8) is 0 Å². The maximum atomic E-state index is 12.5. The number of carboxylic acids is 1. The highest BCUT2D eigenvalue weighted by molar-refractivity contribution is 5.86. The molecule has 2 amide bonds.